The van der Waals surface area contributed by atoms with Crippen LogP contribution in [0.4, 0.5) is 5.69 Å². The molecular formula is C20H20N2O2. The van der Waals surface area contributed by atoms with Crippen molar-refractivity contribution in [3.8, 4) is 0 Å². The summed E-state index contributed by atoms with van der Waals surface area (Å²) in [6.07, 6.45) is 2.42. The van der Waals surface area contributed by atoms with Crippen LogP contribution in [0, 0.1) is 11.8 Å². The van der Waals surface area contributed by atoms with Crippen molar-refractivity contribution < 1.29 is 9.59 Å². The van der Waals surface area contributed by atoms with Crippen LogP contribution in [0.25, 0.3) is 0 Å². The van der Waals surface area contributed by atoms with Gasteiger partial charge >= 0.3 is 0 Å². The highest BCUT2D eigenvalue weighted by molar-refractivity contribution is 6.12. The first-order chi connectivity index (χ1) is 11.6. The van der Waals surface area contributed by atoms with Crippen LogP contribution in [0.5, 0.6) is 0 Å². The van der Waals surface area contributed by atoms with E-state index in [4.69, 9.17) is 0 Å². The number of anilines is 1. The zero-order valence-electron chi connectivity index (χ0n) is 13.9. The first-order valence-electron chi connectivity index (χ1n) is 8.42. The highest BCUT2D eigenvalue weighted by atomic mass is 16.2. The van der Waals surface area contributed by atoms with Gasteiger partial charge in [0.1, 0.15) is 5.69 Å². The van der Waals surface area contributed by atoms with Gasteiger partial charge in [-0.15, -0.1) is 0 Å². The number of Topliss-reactive ketones (excluding diaryl/α,β-unsaturated/α-hetero) is 1. The number of pyridine rings is 1. The van der Waals surface area contributed by atoms with Crippen molar-refractivity contribution in [3.63, 3.8) is 0 Å². The second-order valence-electron chi connectivity index (χ2n) is 7.04. The number of carbonyl (C=O) groups excluding carboxylic acids is 2. The molecule has 1 aliphatic heterocycles. The molecule has 0 radical (unpaired) electrons. The summed E-state index contributed by atoms with van der Waals surface area (Å²) >= 11 is 0. The third-order valence-corrected chi connectivity index (χ3v) is 5.25. The zero-order valence-corrected chi connectivity index (χ0v) is 13.9. The normalized spacial score (nSPS) is 25.0. The minimum absolute atomic E-state index is 0.0489. The van der Waals surface area contributed by atoms with Crippen LogP contribution >= 0.6 is 0 Å². The SMILES string of the molecule is CC(C)C(=O)N1C[C@@H]2C[C@]2(c2ccccc2)C(=O)c2ncccc21. The van der Waals surface area contributed by atoms with Crippen molar-refractivity contribution in [1.29, 1.82) is 0 Å². The average Bonchev–Trinajstić information content (AvgIpc) is 3.35. The van der Waals surface area contributed by atoms with Gasteiger partial charge in [0.2, 0.25) is 5.91 Å². The predicted octanol–water partition coefficient (Wildman–Crippen LogP) is 3.22. The molecule has 1 saturated carbocycles. The summed E-state index contributed by atoms with van der Waals surface area (Å²) < 4.78 is 0. The lowest BCUT2D eigenvalue weighted by Gasteiger charge is -2.24. The Morgan fingerprint density at radius 1 is 1.21 bits per heavy atom. The predicted molar refractivity (Wildman–Crippen MR) is 92.0 cm³/mol. The van der Waals surface area contributed by atoms with E-state index in [2.05, 4.69) is 4.98 Å². The molecular weight excluding hydrogens is 300 g/mol. The molecule has 2 aromatic rings. The number of carbonyl (C=O) groups is 2. The third-order valence-electron chi connectivity index (χ3n) is 5.25. The Balaban J connectivity index is 1.85. The summed E-state index contributed by atoms with van der Waals surface area (Å²) in [5.74, 6) is 0.140. The van der Waals surface area contributed by atoms with E-state index < -0.39 is 5.41 Å². The number of amides is 1. The molecule has 0 saturated heterocycles. The number of nitrogens with zero attached hydrogens (tertiary/aromatic N) is 2. The molecule has 2 heterocycles. The van der Waals surface area contributed by atoms with Crippen LogP contribution in [-0.2, 0) is 10.2 Å². The molecule has 4 rings (SSSR count). The average molecular weight is 320 g/mol. The van der Waals surface area contributed by atoms with Gasteiger partial charge in [0, 0.05) is 18.7 Å². The number of fused-ring (bicyclic) bond motifs is 2. The molecule has 24 heavy (non-hydrogen) atoms. The Hall–Kier alpha value is -2.49. The molecule has 2 aliphatic rings. The number of benzene rings is 1. The van der Waals surface area contributed by atoms with Crippen LogP contribution in [-0.4, -0.2) is 23.2 Å². The molecule has 0 unspecified atom stereocenters. The zero-order chi connectivity index (χ0) is 16.9. The van der Waals surface area contributed by atoms with Crippen LogP contribution < -0.4 is 4.90 Å². The molecule has 1 aliphatic carbocycles. The Kier molecular flexibility index (Phi) is 3.30. The molecule has 0 N–H and O–H groups in total. The number of ketones is 1. The summed E-state index contributed by atoms with van der Waals surface area (Å²) in [5.41, 5.74) is 1.60. The minimum Gasteiger partial charge on any atom is -0.310 e. The van der Waals surface area contributed by atoms with Gasteiger partial charge in [-0.25, -0.2) is 0 Å². The Morgan fingerprint density at radius 2 is 1.96 bits per heavy atom. The van der Waals surface area contributed by atoms with E-state index >= 15 is 0 Å². The lowest BCUT2D eigenvalue weighted by molar-refractivity contribution is -0.121. The lowest BCUT2D eigenvalue weighted by Crippen LogP contribution is -2.36. The fourth-order valence-electron chi connectivity index (χ4n) is 3.89. The molecule has 1 fully saturated rings. The molecule has 2 atom stereocenters. The van der Waals surface area contributed by atoms with Crippen molar-refractivity contribution in [2.75, 3.05) is 11.4 Å². The molecule has 1 amide bonds. The van der Waals surface area contributed by atoms with E-state index in [1.54, 1.807) is 17.2 Å². The van der Waals surface area contributed by atoms with Gasteiger partial charge in [0.05, 0.1) is 11.1 Å². The summed E-state index contributed by atoms with van der Waals surface area (Å²) in [4.78, 5) is 32.2. The first kappa shape index (κ1) is 15.1. The Labute approximate surface area is 141 Å². The van der Waals surface area contributed by atoms with Gasteiger partial charge in [0.15, 0.2) is 5.78 Å². The topological polar surface area (TPSA) is 50.3 Å². The second kappa shape index (κ2) is 5.26. The molecule has 1 aromatic heterocycles. The molecule has 0 bridgehead atoms. The summed E-state index contributed by atoms with van der Waals surface area (Å²) in [6, 6.07) is 13.5. The summed E-state index contributed by atoms with van der Waals surface area (Å²) in [6.45, 7) is 4.36. The van der Waals surface area contributed by atoms with Crippen LogP contribution in [0.3, 0.4) is 0 Å². The van der Waals surface area contributed by atoms with Crippen molar-refractivity contribution in [1.82, 2.24) is 4.98 Å². The molecule has 0 spiro atoms. The maximum absolute atomic E-state index is 13.3. The molecule has 4 nitrogen and oxygen atoms in total. The van der Waals surface area contributed by atoms with Gasteiger partial charge in [-0.3, -0.25) is 14.6 Å². The fraction of sp³-hybridized carbons (Fsp3) is 0.350. The van der Waals surface area contributed by atoms with E-state index in [9.17, 15) is 9.59 Å². The summed E-state index contributed by atoms with van der Waals surface area (Å²) in [7, 11) is 0. The lowest BCUT2D eigenvalue weighted by atomic mass is 9.87. The second-order valence-corrected chi connectivity index (χ2v) is 7.04. The number of rotatable bonds is 2. The van der Waals surface area contributed by atoms with Crippen molar-refractivity contribution in [2.24, 2.45) is 11.8 Å². The van der Waals surface area contributed by atoms with E-state index in [0.29, 0.717) is 17.9 Å². The highest BCUT2D eigenvalue weighted by Crippen LogP contribution is 2.58. The first-order valence-corrected chi connectivity index (χ1v) is 8.42. The Morgan fingerprint density at radius 3 is 2.67 bits per heavy atom. The number of hydrogen-bond acceptors (Lipinski definition) is 3. The largest absolute Gasteiger partial charge is 0.310 e. The van der Waals surface area contributed by atoms with Crippen molar-refractivity contribution >= 4 is 17.4 Å². The Bertz CT molecular complexity index is 815. The van der Waals surface area contributed by atoms with E-state index in [1.165, 1.54) is 0 Å². The van der Waals surface area contributed by atoms with Gasteiger partial charge in [-0.05, 0) is 30.0 Å². The third kappa shape index (κ3) is 2.02. The van der Waals surface area contributed by atoms with E-state index in [0.717, 1.165) is 12.0 Å². The monoisotopic (exact) mass is 320 g/mol. The van der Waals surface area contributed by atoms with E-state index in [1.807, 2.05) is 50.2 Å². The standard InChI is InChI=1S/C20H20N2O2/c1-13(2)19(24)22-12-15-11-20(15,14-7-4-3-5-8-14)18(23)17-16(22)9-6-10-21-17/h3-10,13,15H,11-12H2,1-2H3/t15-,20+/m0/s1. The summed E-state index contributed by atoms with van der Waals surface area (Å²) in [5, 5.41) is 0. The van der Waals surface area contributed by atoms with Gasteiger partial charge in [0.25, 0.3) is 0 Å². The highest BCUT2D eigenvalue weighted by Gasteiger charge is 2.63. The molecule has 122 valence electrons. The quantitative estimate of drug-likeness (QED) is 0.853. The smallest absolute Gasteiger partial charge is 0.229 e. The van der Waals surface area contributed by atoms with Gasteiger partial charge in [-0.1, -0.05) is 44.2 Å². The van der Waals surface area contributed by atoms with Crippen molar-refractivity contribution in [3.05, 3.63) is 59.9 Å². The van der Waals surface area contributed by atoms with Crippen LogP contribution in [0.15, 0.2) is 48.7 Å². The number of hydrogen-bond donors (Lipinski definition) is 0. The van der Waals surface area contributed by atoms with Gasteiger partial charge in [-0.2, -0.15) is 0 Å². The molecule has 4 heteroatoms. The number of aromatic nitrogens is 1. The molecule has 1 aromatic carbocycles. The van der Waals surface area contributed by atoms with Crippen LogP contribution in [0.1, 0.15) is 36.3 Å². The van der Waals surface area contributed by atoms with E-state index in [-0.39, 0.29) is 23.5 Å². The fourth-order valence-corrected chi connectivity index (χ4v) is 3.89. The maximum Gasteiger partial charge on any atom is 0.229 e. The minimum atomic E-state index is -0.517. The van der Waals surface area contributed by atoms with Gasteiger partial charge < -0.3 is 4.90 Å². The van der Waals surface area contributed by atoms with Crippen LogP contribution in [0.2, 0.25) is 0 Å². The van der Waals surface area contributed by atoms with Crippen molar-refractivity contribution in [2.45, 2.75) is 25.7 Å². The maximum atomic E-state index is 13.3.